The number of rotatable bonds is 3. The number of piperazine rings is 1. The Kier molecular flexibility index (Phi) is 5.13. The van der Waals surface area contributed by atoms with Gasteiger partial charge in [0.2, 0.25) is 0 Å². The molecule has 1 saturated heterocycles. The molecule has 6 heteroatoms. The van der Waals surface area contributed by atoms with E-state index < -0.39 is 5.60 Å². The molecular weight excluding hydrogens is 282 g/mol. The summed E-state index contributed by atoms with van der Waals surface area (Å²) in [5.41, 5.74) is 5.46. The molecule has 0 aromatic carbocycles. The highest BCUT2D eigenvalue weighted by Crippen LogP contribution is 2.23. The van der Waals surface area contributed by atoms with E-state index in [0.717, 1.165) is 24.6 Å². The van der Waals surface area contributed by atoms with Crippen LogP contribution in [0.3, 0.4) is 0 Å². The summed E-state index contributed by atoms with van der Waals surface area (Å²) in [5.74, 6) is 1.78. The second-order valence-corrected chi connectivity index (χ2v) is 6.70. The maximum absolute atomic E-state index is 12.1. The molecular formula is C16H27N3O3. The highest BCUT2D eigenvalue weighted by Gasteiger charge is 2.30. The summed E-state index contributed by atoms with van der Waals surface area (Å²) in [7, 11) is 0. The molecule has 1 unspecified atom stereocenters. The normalized spacial score (nSPS) is 18.3. The minimum Gasteiger partial charge on any atom is -0.465 e. The number of amides is 1. The number of nitrogens with two attached hydrogens (primary N) is 1. The molecule has 0 radical (unpaired) electrons. The molecule has 124 valence electrons. The number of carbonyl (C=O) groups excluding carboxylic acids is 1. The maximum atomic E-state index is 12.1. The lowest BCUT2D eigenvalue weighted by atomic mass is 10.1. The molecule has 1 aromatic heterocycles. The molecule has 0 saturated carbocycles. The van der Waals surface area contributed by atoms with Gasteiger partial charge in [-0.25, -0.2) is 4.79 Å². The Balaban J connectivity index is 1.92. The Labute approximate surface area is 132 Å². The van der Waals surface area contributed by atoms with Crippen molar-refractivity contribution in [2.45, 2.75) is 39.3 Å². The van der Waals surface area contributed by atoms with Crippen LogP contribution in [0.4, 0.5) is 4.79 Å². The summed E-state index contributed by atoms with van der Waals surface area (Å²) in [6.45, 7) is 10.9. The Morgan fingerprint density at radius 2 is 1.95 bits per heavy atom. The lowest BCUT2D eigenvalue weighted by Crippen LogP contribution is -2.51. The van der Waals surface area contributed by atoms with Crippen molar-refractivity contribution in [2.24, 2.45) is 5.73 Å². The molecule has 6 nitrogen and oxygen atoms in total. The van der Waals surface area contributed by atoms with E-state index in [4.69, 9.17) is 14.9 Å². The van der Waals surface area contributed by atoms with Gasteiger partial charge in [0.25, 0.3) is 0 Å². The first-order valence-corrected chi connectivity index (χ1v) is 7.78. The molecule has 0 aliphatic carbocycles. The van der Waals surface area contributed by atoms with E-state index in [0.29, 0.717) is 19.6 Å². The van der Waals surface area contributed by atoms with Gasteiger partial charge in [-0.2, -0.15) is 0 Å². The summed E-state index contributed by atoms with van der Waals surface area (Å²) < 4.78 is 11.1. The lowest BCUT2D eigenvalue weighted by molar-refractivity contribution is 0.00960. The summed E-state index contributed by atoms with van der Waals surface area (Å²) in [4.78, 5) is 16.1. The van der Waals surface area contributed by atoms with Crippen molar-refractivity contribution < 1.29 is 13.9 Å². The van der Waals surface area contributed by atoms with Crippen LogP contribution in [0.25, 0.3) is 0 Å². The van der Waals surface area contributed by atoms with Crippen LogP contribution in [-0.2, 0) is 4.74 Å². The van der Waals surface area contributed by atoms with Crippen LogP contribution in [0.15, 0.2) is 16.5 Å². The summed E-state index contributed by atoms with van der Waals surface area (Å²) in [5, 5.41) is 0. The number of carbonyl (C=O) groups is 1. The quantitative estimate of drug-likeness (QED) is 0.926. The molecule has 2 N–H and O–H groups in total. The molecule has 1 fully saturated rings. The topological polar surface area (TPSA) is 71.9 Å². The lowest BCUT2D eigenvalue weighted by Gasteiger charge is -2.38. The van der Waals surface area contributed by atoms with E-state index in [9.17, 15) is 4.79 Å². The monoisotopic (exact) mass is 309 g/mol. The second-order valence-electron chi connectivity index (χ2n) is 6.70. The van der Waals surface area contributed by atoms with Crippen LogP contribution in [0.2, 0.25) is 0 Å². The van der Waals surface area contributed by atoms with Crippen molar-refractivity contribution in [3.05, 3.63) is 23.7 Å². The molecule has 2 rings (SSSR count). The number of aryl methyl sites for hydroxylation is 1. The van der Waals surface area contributed by atoms with Crippen molar-refractivity contribution in [1.82, 2.24) is 9.80 Å². The predicted octanol–water partition coefficient (Wildman–Crippen LogP) is 2.14. The third kappa shape index (κ3) is 4.24. The summed E-state index contributed by atoms with van der Waals surface area (Å²) in [6.07, 6.45) is -0.245. The van der Waals surface area contributed by atoms with E-state index in [1.54, 1.807) is 4.90 Å². The van der Waals surface area contributed by atoms with Crippen molar-refractivity contribution in [3.8, 4) is 0 Å². The fourth-order valence-electron chi connectivity index (χ4n) is 2.62. The van der Waals surface area contributed by atoms with E-state index >= 15 is 0 Å². The Hall–Kier alpha value is -1.53. The maximum Gasteiger partial charge on any atom is 0.410 e. The first kappa shape index (κ1) is 16.8. The van der Waals surface area contributed by atoms with E-state index in [2.05, 4.69) is 4.90 Å². The van der Waals surface area contributed by atoms with Crippen LogP contribution >= 0.6 is 0 Å². The number of nitrogens with zero attached hydrogens (tertiary/aromatic N) is 2. The van der Waals surface area contributed by atoms with Crippen LogP contribution in [0, 0.1) is 6.92 Å². The van der Waals surface area contributed by atoms with Gasteiger partial charge in [-0.3, -0.25) is 4.90 Å². The van der Waals surface area contributed by atoms with Crippen molar-refractivity contribution >= 4 is 6.09 Å². The van der Waals surface area contributed by atoms with Crippen molar-refractivity contribution in [1.29, 1.82) is 0 Å². The third-order valence-electron chi connectivity index (χ3n) is 3.72. The van der Waals surface area contributed by atoms with Gasteiger partial charge in [0, 0.05) is 32.7 Å². The summed E-state index contributed by atoms with van der Waals surface area (Å²) >= 11 is 0. The Morgan fingerprint density at radius 1 is 1.32 bits per heavy atom. The fourth-order valence-corrected chi connectivity index (χ4v) is 2.62. The fraction of sp³-hybridized carbons (Fsp3) is 0.688. The van der Waals surface area contributed by atoms with Crippen LogP contribution in [-0.4, -0.2) is 54.2 Å². The minimum absolute atomic E-state index is 0.0643. The number of furan rings is 1. The predicted molar refractivity (Wildman–Crippen MR) is 84.6 cm³/mol. The van der Waals surface area contributed by atoms with Crippen LogP contribution < -0.4 is 5.73 Å². The molecule has 1 aliphatic rings. The average molecular weight is 309 g/mol. The van der Waals surface area contributed by atoms with Gasteiger partial charge in [-0.15, -0.1) is 0 Å². The first-order valence-electron chi connectivity index (χ1n) is 7.78. The Bertz CT molecular complexity index is 499. The molecule has 1 aliphatic heterocycles. The average Bonchev–Trinajstić information content (AvgIpc) is 2.85. The van der Waals surface area contributed by atoms with Crippen LogP contribution in [0.5, 0.6) is 0 Å². The largest absolute Gasteiger partial charge is 0.465 e. The number of ether oxygens (including phenoxy) is 1. The zero-order chi connectivity index (χ0) is 16.3. The van der Waals surface area contributed by atoms with Crippen molar-refractivity contribution in [2.75, 3.05) is 32.7 Å². The third-order valence-corrected chi connectivity index (χ3v) is 3.72. The highest BCUT2D eigenvalue weighted by atomic mass is 16.6. The minimum atomic E-state index is -0.459. The first-order chi connectivity index (χ1) is 10.3. The molecule has 22 heavy (non-hydrogen) atoms. The van der Waals surface area contributed by atoms with Gasteiger partial charge in [0.1, 0.15) is 17.1 Å². The standard InChI is InChI=1S/C16H27N3O3/c1-12-5-6-14(21-12)13(11-17)18-7-9-19(10-8-18)15(20)22-16(2,3)4/h5-6,13H,7-11,17H2,1-4H3. The smallest absolute Gasteiger partial charge is 0.410 e. The molecule has 0 bridgehead atoms. The summed E-state index contributed by atoms with van der Waals surface area (Å²) in [6, 6.07) is 4.00. The van der Waals surface area contributed by atoms with Crippen molar-refractivity contribution in [3.63, 3.8) is 0 Å². The van der Waals surface area contributed by atoms with Gasteiger partial charge < -0.3 is 19.8 Å². The van der Waals surface area contributed by atoms with Gasteiger partial charge in [-0.1, -0.05) is 0 Å². The zero-order valence-electron chi connectivity index (χ0n) is 14.0. The molecule has 1 atom stereocenters. The molecule has 2 heterocycles. The molecule has 0 spiro atoms. The van der Waals surface area contributed by atoms with Gasteiger partial charge in [-0.05, 0) is 39.8 Å². The number of hydrogen-bond acceptors (Lipinski definition) is 5. The van der Waals surface area contributed by atoms with E-state index in [1.807, 2.05) is 39.8 Å². The van der Waals surface area contributed by atoms with Gasteiger partial charge in [0.05, 0.1) is 6.04 Å². The van der Waals surface area contributed by atoms with Gasteiger partial charge >= 0.3 is 6.09 Å². The van der Waals surface area contributed by atoms with Gasteiger partial charge in [0.15, 0.2) is 0 Å². The van der Waals surface area contributed by atoms with Crippen LogP contribution in [0.1, 0.15) is 38.3 Å². The molecule has 1 amide bonds. The SMILES string of the molecule is Cc1ccc(C(CN)N2CCN(C(=O)OC(C)(C)C)CC2)o1. The van der Waals surface area contributed by atoms with E-state index in [1.165, 1.54) is 0 Å². The van der Waals surface area contributed by atoms with E-state index in [-0.39, 0.29) is 12.1 Å². The highest BCUT2D eigenvalue weighted by molar-refractivity contribution is 5.68. The zero-order valence-corrected chi connectivity index (χ0v) is 14.0. The number of hydrogen-bond donors (Lipinski definition) is 1. The molecule has 1 aromatic rings. The Morgan fingerprint density at radius 3 is 2.41 bits per heavy atom. The second kappa shape index (κ2) is 6.71.